The summed E-state index contributed by atoms with van der Waals surface area (Å²) in [5, 5.41) is 9.15. The first-order valence-electron chi connectivity index (χ1n) is 5.84. The SMILES string of the molecule is CC(C)C[N+](C)=C1C(C#N)C(=O)N(C)C(=O)N1C. The Morgan fingerprint density at radius 3 is 2.33 bits per heavy atom. The summed E-state index contributed by atoms with van der Waals surface area (Å²) in [7, 11) is 4.77. The third-order valence-corrected chi connectivity index (χ3v) is 2.91. The molecule has 1 aliphatic heterocycles. The quantitative estimate of drug-likeness (QED) is 0.665. The van der Waals surface area contributed by atoms with Crippen LogP contribution in [-0.4, -0.2) is 59.8 Å². The molecule has 1 fully saturated rings. The number of hydrogen-bond acceptors (Lipinski definition) is 3. The second-order valence-corrected chi connectivity index (χ2v) is 4.93. The highest BCUT2D eigenvalue weighted by Gasteiger charge is 2.47. The lowest BCUT2D eigenvalue weighted by Crippen LogP contribution is -2.59. The maximum absolute atomic E-state index is 11.9. The summed E-state index contributed by atoms with van der Waals surface area (Å²) in [4.78, 5) is 26.2. The Morgan fingerprint density at radius 2 is 1.89 bits per heavy atom. The number of nitriles is 1. The van der Waals surface area contributed by atoms with Crippen molar-refractivity contribution < 1.29 is 14.2 Å². The molecule has 0 aromatic heterocycles. The minimum Gasteiger partial charge on any atom is -0.272 e. The van der Waals surface area contributed by atoms with Crippen molar-refractivity contribution in [1.82, 2.24) is 9.80 Å². The standard InChI is InChI=1S/C12H19N4O2/c1-8(2)7-14(3)10-9(6-13)11(17)16(5)12(18)15(10)4/h8-9H,7H2,1-5H3/q+1. The van der Waals surface area contributed by atoms with Crippen LogP contribution in [0.5, 0.6) is 0 Å². The lowest BCUT2D eigenvalue weighted by molar-refractivity contribution is -0.510. The number of nitrogens with zero attached hydrogens (tertiary/aromatic N) is 4. The molecule has 0 aromatic carbocycles. The Morgan fingerprint density at radius 1 is 1.33 bits per heavy atom. The molecule has 1 saturated heterocycles. The summed E-state index contributed by atoms with van der Waals surface area (Å²) in [6, 6.07) is 1.57. The van der Waals surface area contributed by atoms with E-state index in [2.05, 4.69) is 0 Å². The van der Waals surface area contributed by atoms with Crippen LogP contribution in [0.4, 0.5) is 4.79 Å². The molecule has 0 N–H and O–H groups in total. The van der Waals surface area contributed by atoms with Crippen LogP contribution < -0.4 is 0 Å². The average Bonchev–Trinajstić information content (AvgIpc) is 2.29. The van der Waals surface area contributed by atoms with Crippen LogP contribution in [-0.2, 0) is 4.79 Å². The molecule has 1 unspecified atom stereocenters. The highest BCUT2D eigenvalue weighted by atomic mass is 16.2. The smallest absolute Gasteiger partial charge is 0.272 e. The largest absolute Gasteiger partial charge is 0.417 e. The van der Waals surface area contributed by atoms with E-state index in [1.165, 1.54) is 11.9 Å². The molecule has 0 bridgehead atoms. The fourth-order valence-electron chi connectivity index (χ4n) is 2.15. The maximum Gasteiger partial charge on any atom is 0.417 e. The van der Waals surface area contributed by atoms with Crippen LogP contribution in [0.2, 0.25) is 0 Å². The summed E-state index contributed by atoms with van der Waals surface area (Å²) < 4.78 is 1.81. The fraction of sp³-hybridized carbons (Fsp3) is 0.667. The summed E-state index contributed by atoms with van der Waals surface area (Å²) >= 11 is 0. The maximum atomic E-state index is 11.9. The van der Waals surface area contributed by atoms with E-state index < -0.39 is 17.9 Å². The number of rotatable bonds is 2. The van der Waals surface area contributed by atoms with E-state index in [-0.39, 0.29) is 0 Å². The van der Waals surface area contributed by atoms with E-state index in [4.69, 9.17) is 5.26 Å². The van der Waals surface area contributed by atoms with Gasteiger partial charge in [-0.25, -0.2) is 9.69 Å². The van der Waals surface area contributed by atoms with E-state index in [0.29, 0.717) is 18.3 Å². The normalized spacial score (nSPS) is 23.5. The molecule has 6 heteroatoms. The number of urea groups is 1. The highest BCUT2D eigenvalue weighted by Crippen LogP contribution is 2.15. The van der Waals surface area contributed by atoms with E-state index in [0.717, 1.165) is 4.90 Å². The molecule has 1 aliphatic rings. The van der Waals surface area contributed by atoms with Gasteiger partial charge in [0.05, 0.1) is 26.7 Å². The van der Waals surface area contributed by atoms with Crippen molar-refractivity contribution in [3.63, 3.8) is 0 Å². The van der Waals surface area contributed by atoms with Gasteiger partial charge in [0, 0.05) is 7.05 Å². The van der Waals surface area contributed by atoms with Gasteiger partial charge in [-0.15, -0.1) is 0 Å². The van der Waals surface area contributed by atoms with E-state index in [9.17, 15) is 9.59 Å². The van der Waals surface area contributed by atoms with Crippen molar-refractivity contribution in [3.8, 4) is 6.07 Å². The molecule has 18 heavy (non-hydrogen) atoms. The van der Waals surface area contributed by atoms with Crippen molar-refractivity contribution in [2.45, 2.75) is 13.8 Å². The van der Waals surface area contributed by atoms with Crippen molar-refractivity contribution in [2.24, 2.45) is 11.8 Å². The Balaban J connectivity index is 3.26. The highest BCUT2D eigenvalue weighted by molar-refractivity contribution is 6.17. The van der Waals surface area contributed by atoms with Gasteiger partial charge < -0.3 is 0 Å². The predicted molar refractivity (Wildman–Crippen MR) is 65.9 cm³/mol. The lowest BCUT2D eigenvalue weighted by Gasteiger charge is -2.28. The van der Waals surface area contributed by atoms with Gasteiger partial charge in [-0.1, -0.05) is 13.8 Å². The Hall–Kier alpha value is -1.90. The molecule has 1 rings (SSSR count). The number of amides is 3. The number of imide groups is 1. The van der Waals surface area contributed by atoms with Crippen LogP contribution in [0.15, 0.2) is 0 Å². The van der Waals surface area contributed by atoms with Crippen LogP contribution in [0.3, 0.4) is 0 Å². The minimum absolute atomic E-state index is 0.375. The second-order valence-electron chi connectivity index (χ2n) is 4.93. The van der Waals surface area contributed by atoms with Crippen LogP contribution >= 0.6 is 0 Å². The van der Waals surface area contributed by atoms with Gasteiger partial charge in [-0.3, -0.25) is 9.37 Å². The van der Waals surface area contributed by atoms with Crippen LogP contribution in [0, 0.1) is 23.2 Å². The zero-order valence-electron chi connectivity index (χ0n) is 11.5. The van der Waals surface area contributed by atoms with Gasteiger partial charge in [0.15, 0.2) is 0 Å². The van der Waals surface area contributed by atoms with Gasteiger partial charge in [-0.05, 0) is 5.92 Å². The van der Waals surface area contributed by atoms with E-state index in [1.807, 2.05) is 19.9 Å². The number of carbonyl (C=O) groups excluding carboxylic acids is 2. The van der Waals surface area contributed by atoms with Crippen molar-refractivity contribution in [1.29, 1.82) is 5.26 Å². The van der Waals surface area contributed by atoms with Crippen molar-refractivity contribution >= 4 is 17.8 Å². The average molecular weight is 251 g/mol. The fourth-order valence-corrected chi connectivity index (χ4v) is 2.15. The number of carbonyl (C=O) groups is 2. The molecule has 0 spiro atoms. The third-order valence-electron chi connectivity index (χ3n) is 2.91. The Bertz CT molecular complexity index is 447. The molecule has 0 radical (unpaired) electrons. The van der Waals surface area contributed by atoms with Crippen LogP contribution in [0.1, 0.15) is 13.8 Å². The second kappa shape index (κ2) is 5.17. The molecule has 0 aromatic rings. The van der Waals surface area contributed by atoms with Crippen molar-refractivity contribution in [3.05, 3.63) is 0 Å². The molecule has 0 saturated carbocycles. The summed E-state index contributed by atoms with van der Waals surface area (Å²) in [5.74, 6) is -0.549. The molecular formula is C12H19N4O2+. The van der Waals surface area contributed by atoms with Gasteiger partial charge in [0.25, 0.3) is 11.7 Å². The van der Waals surface area contributed by atoms with Gasteiger partial charge in [0.1, 0.15) is 0 Å². The zero-order valence-corrected chi connectivity index (χ0v) is 11.5. The molecular weight excluding hydrogens is 232 g/mol. The number of hydrogen-bond donors (Lipinski definition) is 0. The molecule has 1 atom stereocenters. The predicted octanol–water partition coefficient (Wildman–Crippen LogP) is 0.347. The summed E-state index contributed by atoms with van der Waals surface area (Å²) in [6.45, 7) is 4.76. The van der Waals surface area contributed by atoms with Gasteiger partial charge in [0.2, 0.25) is 5.92 Å². The summed E-state index contributed by atoms with van der Waals surface area (Å²) in [5.41, 5.74) is 0. The van der Waals surface area contributed by atoms with Crippen LogP contribution in [0.25, 0.3) is 0 Å². The zero-order chi connectivity index (χ0) is 14.0. The summed E-state index contributed by atoms with van der Waals surface area (Å²) in [6.07, 6.45) is 0. The van der Waals surface area contributed by atoms with Gasteiger partial charge >= 0.3 is 6.03 Å². The molecule has 1 heterocycles. The molecule has 98 valence electrons. The first kappa shape index (κ1) is 14.2. The number of amidine groups is 1. The first-order valence-corrected chi connectivity index (χ1v) is 5.84. The van der Waals surface area contributed by atoms with E-state index in [1.54, 1.807) is 18.7 Å². The Kier molecular flexibility index (Phi) is 4.07. The Labute approximate surface area is 107 Å². The topological polar surface area (TPSA) is 67.4 Å². The van der Waals surface area contributed by atoms with Gasteiger partial charge in [-0.2, -0.15) is 10.2 Å². The molecule has 6 nitrogen and oxygen atoms in total. The lowest BCUT2D eigenvalue weighted by atomic mass is 10.0. The van der Waals surface area contributed by atoms with E-state index >= 15 is 0 Å². The first-order chi connectivity index (χ1) is 8.31. The minimum atomic E-state index is -0.915. The third kappa shape index (κ3) is 2.35. The monoisotopic (exact) mass is 251 g/mol. The molecule has 3 amide bonds. The molecule has 0 aliphatic carbocycles. The van der Waals surface area contributed by atoms with Crippen molar-refractivity contribution in [2.75, 3.05) is 27.7 Å².